The molecule has 0 bridgehead atoms. The molecule has 2 saturated heterocycles. The van der Waals surface area contributed by atoms with Crippen LogP contribution in [0.5, 0.6) is 5.75 Å². The van der Waals surface area contributed by atoms with Gasteiger partial charge in [-0.25, -0.2) is 0 Å². The van der Waals surface area contributed by atoms with Gasteiger partial charge in [0, 0.05) is 45.5 Å². The van der Waals surface area contributed by atoms with Crippen molar-refractivity contribution >= 4 is 17.7 Å². The van der Waals surface area contributed by atoms with Crippen LogP contribution < -0.4 is 4.74 Å². The molecule has 9 heteroatoms. The second-order valence-corrected chi connectivity index (χ2v) is 14.3. The molecule has 8 nitrogen and oxygen atoms in total. The van der Waals surface area contributed by atoms with Crippen LogP contribution >= 0.6 is 11.8 Å². The Balaban J connectivity index is 1.21. The number of esters is 1. The van der Waals surface area contributed by atoms with Gasteiger partial charge in [0.25, 0.3) is 0 Å². The van der Waals surface area contributed by atoms with Gasteiger partial charge < -0.3 is 33.5 Å². The number of rotatable bonds is 18. The highest BCUT2D eigenvalue weighted by Crippen LogP contribution is 2.40. The van der Waals surface area contributed by atoms with Crippen LogP contribution in [0.2, 0.25) is 0 Å². The van der Waals surface area contributed by atoms with Gasteiger partial charge in [-0.2, -0.15) is 11.8 Å². The molecule has 3 aliphatic rings. The van der Waals surface area contributed by atoms with Crippen LogP contribution in [0.15, 0.2) is 66.7 Å². The lowest BCUT2D eigenvalue weighted by atomic mass is 9.90. The van der Waals surface area contributed by atoms with Gasteiger partial charge in [-0.05, 0) is 92.0 Å². The lowest BCUT2D eigenvalue weighted by Gasteiger charge is -2.30. The monoisotopic (exact) mass is 682 g/mol. The van der Waals surface area contributed by atoms with Crippen molar-refractivity contribution in [1.82, 2.24) is 0 Å². The highest BCUT2D eigenvalue weighted by molar-refractivity contribution is 7.99. The standard InChI is InChI=1S/C39H54O8S/c1-42-28-30-12-9-11-29(25-30)26-32(46-38-16-5-7-21-43-38)18-19-34-33(35(40)27-36(34)47-39-17-6-8-22-44-39)20-24-48-23-10-15-37(41)45-31-13-3-2-4-14-31/h2-4,9,11-14,18-19,25,32-36,38-40H,5-8,10,15-17,20-24,26-28H2,1H3/b19-18+/t32-,33-,34-,35+,36-,38?,39?/m1/s1. The van der Waals surface area contributed by atoms with Gasteiger partial charge in [-0.1, -0.05) is 54.6 Å². The Kier molecular flexibility index (Phi) is 15.8. The average molecular weight is 683 g/mol. The van der Waals surface area contributed by atoms with Crippen molar-refractivity contribution in [2.45, 2.75) is 108 Å². The van der Waals surface area contributed by atoms with Gasteiger partial charge in [0.15, 0.2) is 12.6 Å². The van der Waals surface area contributed by atoms with Crippen molar-refractivity contribution < 1.29 is 38.3 Å². The van der Waals surface area contributed by atoms with E-state index in [0.717, 1.165) is 81.6 Å². The molecule has 7 atom stereocenters. The van der Waals surface area contributed by atoms with Gasteiger partial charge >= 0.3 is 5.97 Å². The lowest BCUT2D eigenvalue weighted by molar-refractivity contribution is -0.193. The van der Waals surface area contributed by atoms with E-state index < -0.39 is 6.10 Å². The van der Waals surface area contributed by atoms with E-state index in [1.807, 2.05) is 30.0 Å². The second-order valence-electron chi connectivity index (χ2n) is 13.1. The summed E-state index contributed by atoms with van der Waals surface area (Å²) < 4.78 is 35.9. The minimum Gasteiger partial charge on any atom is -0.427 e. The van der Waals surface area contributed by atoms with Crippen molar-refractivity contribution in [1.29, 1.82) is 0 Å². The van der Waals surface area contributed by atoms with E-state index in [1.54, 1.807) is 19.2 Å². The van der Waals surface area contributed by atoms with Crippen LogP contribution in [0, 0.1) is 11.8 Å². The fourth-order valence-electron chi connectivity index (χ4n) is 6.90. The molecule has 2 heterocycles. The maximum atomic E-state index is 12.2. The van der Waals surface area contributed by atoms with Gasteiger partial charge in [0.1, 0.15) is 5.75 Å². The third kappa shape index (κ3) is 12.3. The molecule has 0 spiro atoms. The Hall–Kier alpha value is -2.24. The molecule has 5 rings (SSSR count). The lowest BCUT2D eigenvalue weighted by Crippen LogP contribution is -2.31. The smallest absolute Gasteiger partial charge is 0.311 e. The predicted octanol–water partition coefficient (Wildman–Crippen LogP) is 7.26. The summed E-state index contributed by atoms with van der Waals surface area (Å²) in [6.45, 7) is 2.02. The molecular weight excluding hydrogens is 628 g/mol. The maximum Gasteiger partial charge on any atom is 0.311 e. The molecule has 2 aromatic rings. The number of para-hydroxylation sites is 1. The molecule has 2 aliphatic heterocycles. The number of methoxy groups -OCH3 is 1. The zero-order chi connectivity index (χ0) is 33.4. The minimum atomic E-state index is -0.457. The van der Waals surface area contributed by atoms with Crippen molar-refractivity contribution in [2.75, 3.05) is 31.8 Å². The Bertz CT molecular complexity index is 1230. The molecule has 3 fully saturated rings. The number of aliphatic hydroxyl groups is 1. The largest absolute Gasteiger partial charge is 0.427 e. The number of carbonyl (C=O) groups is 1. The third-order valence-electron chi connectivity index (χ3n) is 9.35. The van der Waals surface area contributed by atoms with Gasteiger partial charge in [0.2, 0.25) is 0 Å². The first-order valence-electron chi connectivity index (χ1n) is 17.9. The Morgan fingerprint density at radius 3 is 2.50 bits per heavy atom. The topological polar surface area (TPSA) is 92.7 Å². The third-order valence-corrected chi connectivity index (χ3v) is 10.4. The molecule has 0 aromatic heterocycles. The van der Waals surface area contributed by atoms with Crippen LogP contribution in [-0.2, 0) is 41.5 Å². The molecule has 0 amide bonds. The quantitative estimate of drug-likeness (QED) is 0.0755. The first-order valence-corrected chi connectivity index (χ1v) is 19.0. The van der Waals surface area contributed by atoms with E-state index in [2.05, 4.69) is 36.4 Å². The summed E-state index contributed by atoms with van der Waals surface area (Å²) in [4.78, 5) is 12.2. The first kappa shape index (κ1) is 37.0. The second kappa shape index (κ2) is 20.4. The van der Waals surface area contributed by atoms with Crippen LogP contribution in [0.1, 0.15) is 75.3 Å². The van der Waals surface area contributed by atoms with Crippen LogP contribution in [0.25, 0.3) is 0 Å². The number of aliphatic hydroxyl groups excluding tert-OH is 1. The first-order chi connectivity index (χ1) is 23.6. The molecule has 1 saturated carbocycles. The number of thioether (sulfide) groups is 1. The van der Waals surface area contributed by atoms with E-state index in [9.17, 15) is 9.90 Å². The SMILES string of the molecule is COCc1cccc(C[C@@H](/C=C/[C@@H]2[C@@H](CCSCCCC(=O)Oc3ccccc3)[C@@H](O)C[C@H]2OC2CCCCO2)OC2CCCCO2)c1. The fraction of sp³-hybridized carbons (Fsp3) is 0.615. The van der Waals surface area contributed by atoms with Crippen molar-refractivity contribution in [2.24, 2.45) is 11.8 Å². The van der Waals surface area contributed by atoms with E-state index >= 15 is 0 Å². The van der Waals surface area contributed by atoms with Crippen molar-refractivity contribution in [3.8, 4) is 5.75 Å². The van der Waals surface area contributed by atoms with Crippen LogP contribution in [0.4, 0.5) is 0 Å². The Labute approximate surface area is 290 Å². The highest BCUT2D eigenvalue weighted by atomic mass is 32.2. The van der Waals surface area contributed by atoms with Crippen molar-refractivity contribution in [3.63, 3.8) is 0 Å². The fourth-order valence-corrected chi connectivity index (χ4v) is 7.89. The molecular formula is C39H54O8S. The summed E-state index contributed by atoms with van der Waals surface area (Å²) in [5.74, 6) is 2.23. The number of hydrogen-bond donors (Lipinski definition) is 1. The zero-order valence-corrected chi connectivity index (χ0v) is 29.2. The van der Waals surface area contributed by atoms with E-state index in [4.69, 9.17) is 28.4 Å². The summed E-state index contributed by atoms with van der Waals surface area (Å²) in [7, 11) is 1.71. The number of hydrogen-bond acceptors (Lipinski definition) is 9. The summed E-state index contributed by atoms with van der Waals surface area (Å²) in [5.41, 5.74) is 2.32. The minimum absolute atomic E-state index is 0.0326. The molecule has 264 valence electrons. The van der Waals surface area contributed by atoms with Gasteiger partial charge in [0.05, 0.1) is 24.9 Å². The Morgan fingerprint density at radius 2 is 1.75 bits per heavy atom. The number of carbonyl (C=O) groups excluding carboxylic acids is 1. The number of benzene rings is 2. The number of ether oxygens (including phenoxy) is 6. The van der Waals surface area contributed by atoms with Crippen LogP contribution in [-0.4, -0.2) is 73.8 Å². The van der Waals surface area contributed by atoms with Gasteiger partial charge in [-0.15, -0.1) is 0 Å². The van der Waals surface area contributed by atoms with E-state index in [-0.39, 0.29) is 42.6 Å². The summed E-state index contributed by atoms with van der Waals surface area (Å²) >= 11 is 1.82. The molecule has 0 radical (unpaired) electrons. The average Bonchev–Trinajstić information content (AvgIpc) is 3.39. The molecule has 2 unspecified atom stereocenters. The van der Waals surface area contributed by atoms with Gasteiger partial charge in [-0.3, -0.25) is 4.79 Å². The summed E-state index contributed by atoms with van der Waals surface area (Å²) in [5, 5.41) is 11.3. The molecule has 48 heavy (non-hydrogen) atoms. The maximum absolute atomic E-state index is 12.2. The Morgan fingerprint density at radius 1 is 0.979 bits per heavy atom. The van der Waals surface area contributed by atoms with Crippen LogP contribution in [0.3, 0.4) is 0 Å². The highest BCUT2D eigenvalue weighted by Gasteiger charge is 2.43. The predicted molar refractivity (Wildman–Crippen MR) is 188 cm³/mol. The van der Waals surface area contributed by atoms with E-state index in [1.165, 1.54) is 5.56 Å². The van der Waals surface area contributed by atoms with Crippen molar-refractivity contribution in [3.05, 3.63) is 77.9 Å². The summed E-state index contributed by atoms with van der Waals surface area (Å²) in [6, 6.07) is 17.7. The molecule has 2 aromatic carbocycles. The van der Waals surface area contributed by atoms with E-state index in [0.29, 0.717) is 31.6 Å². The molecule has 1 aliphatic carbocycles. The normalized spacial score (nSPS) is 26.9. The summed E-state index contributed by atoms with van der Waals surface area (Å²) in [6.07, 6.45) is 12.6. The molecule has 1 N–H and O–H groups in total. The zero-order valence-electron chi connectivity index (χ0n) is 28.4.